The van der Waals surface area contributed by atoms with Crippen molar-refractivity contribution in [3.05, 3.63) is 30.1 Å². The van der Waals surface area contributed by atoms with E-state index in [2.05, 4.69) is 15.6 Å². The van der Waals surface area contributed by atoms with Crippen LogP contribution in [-0.4, -0.2) is 47.5 Å². The van der Waals surface area contributed by atoms with Gasteiger partial charge in [0.1, 0.15) is 0 Å². The maximum absolute atomic E-state index is 12.2. The van der Waals surface area contributed by atoms with Crippen LogP contribution in [0.1, 0.15) is 51.1 Å². The molecule has 1 aliphatic carbocycles. The predicted molar refractivity (Wildman–Crippen MR) is 98.2 cm³/mol. The van der Waals surface area contributed by atoms with Gasteiger partial charge in [-0.15, -0.1) is 0 Å². The van der Waals surface area contributed by atoms with E-state index in [9.17, 15) is 9.59 Å². The lowest BCUT2D eigenvalue weighted by atomic mass is 9.95. The molecule has 25 heavy (non-hydrogen) atoms. The van der Waals surface area contributed by atoms with Gasteiger partial charge in [-0.3, -0.25) is 9.78 Å². The molecule has 1 aromatic rings. The average molecular weight is 346 g/mol. The minimum absolute atomic E-state index is 0.0244. The van der Waals surface area contributed by atoms with E-state index in [1.807, 2.05) is 25.1 Å². The molecular weight excluding hydrogens is 316 g/mol. The largest absolute Gasteiger partial charge is 0.353 e. The average Bonchev–Trinajstić information content (AvgIpc) is 2.62. The molecule has 0 saturated heterocycles. The van der Waals surface area contributed by atoms with Gasteiger partial charge in [0.05, 0.1) is 0 Å². The van der Waals surface area contributed by atoms with Gasteiger partial charge in [-0.2, -0.15) is 0 Å². The third kappa shape index (κ3) is 6.72. The maximum Gasteiger partial charge on any atom is 0.317 e. The first-order valence-corrected chi connectivity index (χ1v) is 9.26. The predicted octanol–water partition coefficient (Wildman–Crippen LogP) is 2.49. The number of urea groups is 1. The lowest BCUT2D eigenvalue weighted by Gasteiger charge is -2.25. The molecule has 1 heterocycles. The highest BCUT2D eigenvalue weighted by Crippen LogP contribution is 2.17. The Hall–Kier alpha value is -2.11. The zero-order valence-electron chi connectivity index (χ0n) is 15.3. The molecule has 0 bridgehead atoms. The number of nitrogens with one attached hydrogen (secondary N) is 2. The minimum atomic E-state index is -0.158. The van der Waals surface area contributed by atoms with Crippen molar-refractivity contribution in [2.24, 2.45) is 0 Å². The van der Waals surface area contributed by atoms with Gasteiger partial charge in [-0.05, 0) is 31.9 Å². The smallest absolute Gasteiger partial charge is 0.317 e. The number of pyridine rings is 1. The van der Waals surface area contributed by atoms with Crippen LogP contribution in [0.5, 0.6) is 0 Å². The van der Waals surface area contributed by atoms with Gasteiger partial charge in [0, 0.05) is 50.4 Å². The molecule has 3 amide bonds. The fourth-order valence-corrected chi connectivity index (χ4v) is 3.11. The van der Waals surface area contributed by atoms with Crippen molar-refractivity contribution in [3.8, 4) is 0 Å². The van der Waals surface area contributed by atoms with Gasteiger partial charge >= 0.3 is 6.03 Å². The molecule has 0 aliphatic heterocycles. The maximum atomic E-state index is 12.2. The monoisotopic (exact) mass is 346 g/mol. The lowest BCUT2D eigenvalue weighted by Crippen LogP contribution is -2.44. The highest BCUT2D eigenvalue weighted by Gasteiger charge is 2.18. The molecule has 0 aromatic carbocycles. The molecule has 6 nitrogen and oxygen atoms in total. The molecule has 2 N–H and O–H groups in total. The van der Waals surface area contributed by atoms with Crippen LogP contribution >= 0.6 is 0 Å². The number of hydrogen-bond donors (Lipinski definition) is 2. The molecule has 1 aromatic heterocycles. The van der Waals surface area contributed by atoms with Crippen molar-refractivity contribution in [1.82, 2.24) is 20.5 Å². The van der Waals surface area contributed by atoms with E-state index in [1.165, 1.54) is 19.3 Å². The van der Waals surface area contributed by atoms with Crippen molar-refractivity contribution in [3.63, 3.8) is 0 Å². The molecule has 1 fully saturated rings. The van der Waals surface area contributed by atoms with E-state index in [0.29, 0.717) is 25.4 Å². The highest BCUT2D eigenvalue weighted by molar-refractivity contribution is 5.78. The van der Waals surface area contributed by atoms with Gasteiger partial charge in [0.25, 0.3) is 0 Å². The van der Waals surface area contributed by atoms with Crippen molar-refractivity contribution < 1.29 is 9.59 Å². The van der Waals surface area contributed by atoms with E-state index in [0.717, 1.165) is 18.5 Å². The molecule has 1 atom stereocenters. The second-order valence-electron chi connectivity index (χ2n) is 6.87. The summed E-state index contributed by atoms with van der Waals surface area (Å²) in [6, 6.07) is 5.97. The molecule has 2 rings (SSSR count). The Morgan fingerprint density at radius 2 is 2.04 bits per heavy atom. The van der Waals surface area contributed by atoms with Gasteiger partial charge in [-0.25, -0.2) is 4.79 Å². The van der Waals surface area contributed by atoms with E-state index >= 15 is 0 Å². The van der Waals surface area contributed by atoms with E-state index in [1.54, 1.807) is 18.1 Å². The van der Waals surface area contributed by atoms with Crippen molar-refractivity contribution >= 4 is 11.9 Å². The summed E-state index contributed by atoms with van der Waals surface area (Å²) < 4.78 is 0. The normalized spacial score (nSPS) is 16.1. The first kappa shape index (κ1) is 19.2. The Kier molecular flexibility index (Phi) is 7.70. The van der Waals surface area contributed by atoms with E-state index < -0.39 is 0 Å². The molecule has 1 aliphatic rings. The zero-order valence-corrected chi connectivity index (χ0v) is 15.3. The number of aromatic nitrogens is 1. The van der Waals surface area contributed by atoms with Gasteiger partial charge in [0.15, 0.2) is 0 Å². The Morgan fingerprint density at radius 1 is 1.28 bits per heavy atom. The fraction of sp³-hybridized carbons (Fsp3) is 0.632. The molecule has 0 radical (unpaired) electrons. The third-order valence-corrected chi connectivity index (χ3v) is 4.81. The molecule has 6 heteroatoms. The summed E-state index contributed by atoms with van der Waals surface area (Å²) in [5.41, 5.74) is 0.960. The van der Waals surface area contributed by atoms with Crippen LogP contribution in [-0.2, 0) is 11.2 Å². The third-order valence-electron chi connectivity index (χ3n) is 4.81. The number of hydrogen-bond acceptors (Lipinski definition) is 3. The summed E-state index contributed by atoms with van der Waals surface area (Å²) >= 11 is 0. The topological polar surface area (TPSA) is 74.3 Å². The number of carbonyl (C=O) groups excluding carboxylic acids is 2. The first-order valence-electron chi connectivity index (χ1n) is 9.26. The van der Waals surface area contributed by atoms with E-state index in [-0.39, 0.29) is 18.0 Å². The number of rotatable bonds is 7. The van der Waals surface area contributed by atoms with Crippen LogP contribution in [0.4, 0.5) is 4.79 Å². The number of nitrogens with zero attached hydrogens (tertiary/aromatic N) is 2. The van der Waals surface area contributed by atoms with Crippen LogP contribution in [0.3, 0.4) is 0 Å². The van der Waals surface area contributed by atoms with E-state index in [4.69, 9.17) is 0 Å². The van der Waals surface area contributed by atoms with Crippen molar-refractivity contribution in [2.75, 3.05) is 13.6 Å². The molecule has 0 unspecified atom stereocenters. The van der Waals surface area contributed by atoms with Gasteiger partial charge < -0.3 is 15.5 Å². The summed E-state index contributed by atoms with van der Waals surface area (Å²) in [6.45, 7) is 2.35. The molecule has 138 valence electrons. The molecule has 0 spiro atoms. The first-order chi connectivity index (χ1) is 12.1. The van der Waals surface area contributed by atoms with Crippen LogP contribution in [0.15, 0.2) is 24.4 Å². The lowest BCUT2D eigenvalue weighted by molar-refractivity contribution is -0.121. The van der Waals surface area contributed by atoms with Crippen molar-refractivity contribution in [2.45, 2.75) is 64.0 Å². The Labute approximate surface area is 150 Å². The van der Waals surface area contributed by atoms with Crippen LogP contribution < -0.4 is 10.6 Å². The summed E-state index contributed by atoms with van der Waals surface area (Å²) in [6.07, 6.45) is 8.59. The highest BCUT2D eigenvalue weighted by atomic mass is 16.2. The fourth-order valence-electron chi connectivity index (χ4n) is 3.11. The SMILES string of the molecule is C[C@@H](Cc1ccccn1)N(C)C(=O)NCCC(=O)NC1CCCCC1. The van der Waals surface area contributed by atoms with Crippen molar-refractivity contribution in [1.29, 1.82) is 0 Å². The van der Waals surface area contributed by atoms with Gasteiger partial charge in [-0.1, -0.05) is 25.3 Å². The van der Waals surface area contributed by atoms with Gasteiger partial charge in [0.2, 0.25) is 5.91 Å². The Bertz CT molecular complexity index is 544. The summed E-state index contributed by atoms with van der Waals surface area (Å²) in [5, 5.41) is 5.89. The second-order valence-corrected chi connectivity index (χ2v) is 6.87. The van der Waals surface area contributed by atoms with Crippen LogP contribution in [0.25, 0.3) is 0 Å². The summed E-state index contributed by atoms with van der Waals surface area (Å²) in [4.78, 5) is 30.1. The number of likely N-dealkylation sites (N-methyl/N-ethyl adjacent to an activating group) is 1. The van der Waals surface area contributed by atoms with Crippen LogP contribution in [0.2, 0.25) is 0 Å². The Balaban J connectivity index is 1.65. The second kappa shape index (κ2) is 10.0. The summed E-state index contributed by atoms with van der Waals surface area (Å²) in [7, 11) is 1.77. The quantitative estimate of drug-likeness (QED) is 0.796. The minimum Gasteiger partial charge on any atom is -0.353 e. The van der Waals surface area contributed by atoms with Crippen LogP contribution in [0, 0.1) is 0 Å². The number of amides is 3. The molecular formula is C19H30N4O2. The molecule has 1 saturated carbocycles. The zero-order chi connectivity index (χ0) is 18.1. The standard InChI is InChI=1S/C19H30N4O2/c1-15(14-17-10-6-7-12-20-17)23(2)19(25)21-13-11-18(24)22-16-8-4-3-5-9-16/h6-7,10,12,15-16H,3-5,8-9,11,13-14H2,1-2H3,(H,21,25)(H,22,24)/t15-/m0/s1. The summed E-state index contributed by atoms with van der Waals surface area (Å²) in [5.74, 6) is 0.0244. The Morgan fingerprint density at radius 3 is 2.72 bits per heavy atom. The number of carbonyl (C=O) groups is 2.